The Bertz CT molecular complexity index is 614. The molecule has 1 heterocycles. The van der Waals surface area contributed by atoms with E-state index in [0.717, 1.165) is 21.6 Å². The van der Waals surface area contributed by atoms with Crippen molar-refractivity contribution in [2.24, 2.45) is 0 Å². The molecule has 106 valence electrons. The quantitative estimate of drug-likeness (QED) is 0.791. The summed E-state index contributed by atoms with van der Waals surface area (Å²) < 4.78 is 14.4. The van der Waals surface area contributed by atoms with Crippen LogP contribution < -0.4 is 5.32 Å². The Morgan fingerprint density at radius 2 is 2.05 bits per heavy atom. The van der Waals surface area contributed by atoms with Crippen molar-refractivity contribution < 1.29 is 4.39 Å². The van der Waals surface area contributed by atoms with E-state index in [9.17, 15) is 4.39 Å². The van der Waals surface area contributed by atoms with Crippen LogP contribution in [0, 0.1) is 9.39 Å². The van der Waals surface area contributed by atoms with Crippen LogP contribution in [0.1, 0.15) is 32.4 Å². The van der Waals surface area contributed by atoms with Crippen molar-refractivity contribution in [1.29, 1.82) is 0 Å². The molecule has 0 aliphatic rings. The van der Waals surface area contributed by atoms with E-state index in [1.165, 1.54) is 12.1 Å². The number of anilines is 1. The highest BCUT2D eigenvalue weighted by atomic mass is 127. The minimum absolute atomic E-state index is 0.277. The molecular formula is C15H17FIN3. The Hall–Kier alpha value is -1.24. The van der Waals surface area contributed by atoms with Gasteiger partial charge < -0.3 is 5.32 Å². The molecule has 20 heavy (non-hydrogen) atoms. The molecule has 1 N–H and O–H groups in total. The SMILES string of the molecule is CCNc1nc(-c2cccc(F)c2)nc(C(C)C)c1I. The number of benzene rings is 1. The predicted molar refractivity (Wildman–Crippen MR) is 88.4 cm³/mol. The summed E-state index contributed by atoms with van der Waals surface area (Å²) in [7, 11) is 0. The van der Waals surface area contributed by atoms with Crippen LogP contribution in [0.15, 0.2) is 24.3 Å². The smallest absolute Gasteiger partial charge is 0.161 e. The van der Waals surface area contributed by atoms with Crippen molar-refractivity contribution in [2.75, 3.05) is 11.9 Å². The van der Waals surface area contributed by atoms with Crippen LogP contribution in [0.3, 0.4) is 0 Å². The normalized spacial score (nSPS) is 10.9. The molecule has 1 aromatic heterocycles. The van der Waals surface area contributed by atoms with Crippen LogP contribution in [0.5, 0.6) is 0 Å². The summed E-state index contributed by atoms with van der Waals surface area (Å²) in [5, 5.41) is 3.24. The lowest BCUT2D eigenvalue weighted by atomic mass is 10.1. The second kappa shape index (κ2) is 6.47. The maximum absolute atomic E-state index is 13.4. The Kier molecular flexibility index (Phi) is 4.91. The molecular weight excluding hydrogens is 368 g/mol. The van der Waals surface area contributed by atoms with Crippen LogP contribution in [0.2, 0.25) is 0 Å². The van der Waals surface area contributed by atoms with E-state index in [4.69, 9.17) is 0 Å². The van der Waals surface area contributed by atoms with Gasteiger partial charge in [0.15, 0.2) is 5.82 Å². The number of hydrogen-bond donors (Lipinski definition) is 1. The van der Waals surface area contributed by atoms with Crippen LogP contribution in [-0.2, 0) is 0 Å². The maximum Gasteiger partial charge on any atom is 0.161 e. The highest BCUT2D eigenvalue weighted by Crippen LogP contribution is 2.28. The number of nitrogens with zero attached hydrogens (tertiary/aromatic N) is 2. The summed E-state index contributed by atoms with van der Waals surface area (Å²) >= 11 is 2.26. The zero-order valence-electron chi connectivity index (χ0n) is 11.7. The average Bonchev–Trinajstić information content (AvgIpc) is 2.41. The Labute approximate surface area is 132 Å². The standard InChI is InChI=1S/C15H17FIN3/c1-4-18-15-12(17)13(9(2)3)19-14(20-15)10-6-5-7-11(16)8-10/h5-9H,4H2,1-3H3,(H,18,19,20). The molecule has 2 aromatic rings. The monoisotopic (exact) mass is 385 g/mol. The Morgan fingerprint density at radius 1 is 1.30 bits per heavy atom. The van der Waals surface area contributed by atoms with Crippen molar-refractivity contribution >= 4 is 28.4 Å². The summed E-state index contributed by atoms with van der Waals surface area (Å²) in [6.07, 6.45) is 0. The zero-order chi connectivity index (χ0) is 14.7. The first-order valence-corrected chi connectivity index (χ1v) is 7.68. The van der Waals surface area contributed by atoms with E-state index < -0.39 is 0 Å². The van der Waals surface area contributed by atoms with Gasteiger partial charge in [-0.25, -0.2) is 14.4 Å². The molecule has 0 saturated carbocycles. The summed E-state index contributed by atoms with van der Waals surface area (Å²) in [5.41, 5.74) is 1.68. The van der Waals surface area contributed by atoms with Gasteiger partial charge in [-0.05, 0) is 47.6 Å². The van der Waals surface area contributed by atoms with E-state index >= 15 is 0 Å². The van der Waals surface area contributed by atoms with Crippen molar-refractivity contribution in [3.8, 4) is 11.4 Å². The fraction of sp³-hybridized carbons (Fsp3) is 0.333. The Morgan fingerprint density at radius 3 is 2.65 bits per heavy atom. The first-order valence-electron chi connectivity index (χ1n) is 6.60. The zero-order valence-corrected chi connectivity index (χ0v) is 13.9. The Balaban J connectivity index is 2.58. The molecule has 0 unspecified atom stereocenters. The van der Waals surface area contributed by atoms with E-state index in [0.29, 0.717) is 11.4 Å². The molecule has 1 aromatic carbocycles. The van der Waals surface area contributed by atoms with Gasteiger partial charge in [0.05, 0.1) is 9.26 Å². The topological polar surface area (TPSA) is 37.8 Å². The van der Waals surface area contributed by atoms with Crippen molar-refractivity contribution in [3.05, 3.63) is 39.3 Å². The summed E-state index contributed by atoms with van der Waals surface area (Å²) in [4.78, 5) is 9.12. The summed E-state index contributed by atoms with van der Waals surface area (Å²) in [6, 6.07) is 6.38. The van der Waals surface area contributed by atoms with Gasteiger partial charge in [-0.1, -0.05) is 26.0 Å². The molecule has 3 nitrogen and oxygen atoms in total. The number of hydrogen-bond acceptors (Lipinski definition) is 3. The van der Waals surface area contributed by atoms with Gasteiger partial charge in [0.2, 0.25) is 0 Å². The lowest BCUT2D eigenvalue weighted by Crippen LogP contribution is -2.09. The molecule has 0 atom stereocenters. The van der Waals surface area contributed by atoms with Gasteiger partial charge in [-0.2, -0.15) is 0 Å². The van der Waals surface area contributed by atoms with Gasteiger partial charge in [0.25, 0.3) is 0 Å². The fourth-order valence-electron chi connectivity index (χ4n) is 1.89. The lowest BCUT2D eigenvalue weighted by Gasteiger charge is -2.14. The van der Waals surface area contributed by atoms with Crippen LogP contribution >= 0.6 is 22.6 Å². The van der Waals surface area contributed by atoms with Gasteiger partial charge in [-0.15, -0.1) is 0 Å². The molecule has 0 spiro atoms. The summed E-state index contributed by atoms with van der Waals surface area (Å²) in [5.74, 6) is 1.38. The van der Waals surface area contributed by atoms with Gasteiger partial charge in [-0.3, -0.25) is 0 Å². The average molecular weight is 385 g/mol. The number of rotatable bonds is 4. The summed E-state index contributed by atoms with van der Waals surface area (Å²) in [6.45, 7) is 6.99. The maximum atomic E-state index is 13.4. The lowest BCUT2D eigenvalue weighted by molar-refractivity contribution is 0.628. The number of halogens is 2. The van der Waals surface area contributed by atoms with E-state index in [-0.39, 0.29) is 11.7 Å². The molecule has 0 fully saturated rings. The third kappa shape index (κ3) is 3.26. The third-order valence-electron chi connectivity index (χ3n) is 2.85. The van der Waals surface area contributed by atoms with Gasteiger partial charge in [0, 0.05) is 12.1 Å². The minimum Gasteiger partial charge on any atom is -0.369 e. The van der Waals surface area contributed by atoms with Crippen molar-refractivity contribution in [3.63, 3.8) is 0 Å². The molecule has 0 radical (unpaired) electrons. The van der Waals surface area contributed by atoms with Crippen LogP contribution in [0.4, 0.5) is 10.2 Å². The second-order valence-corrected chi connectivity index (χ2v) is 5.87. The van der Waals surface area contributed by atoms with Crippen LogP contribution in [0.25, 0.3) is 11.4 Å². The van der Waals surface area contributed by atoms with Crippen LogP contribution in [-0.4, -0.2) is 16.5 Å². The first kappa shape index (κ1) is 15.2. The highest BCUT2D eigenvalue weighted by molar-refractivity contribution is 14.1. The number of aromatic nitrogens is 2. The number of nitrogens with one attached hydrogen (secondary N) is 1. The largest absolute Gasteiger partial charge is 0.369 e. The molecule has 0 amide bonds. The third-order valence-corrected chi connectivity index (χ3v) is 3.91. The molecule has 0 bridgehead atoms. The molecule has 0 aliphatic heterocycles. The van der Waals surface area contributed by atoms with E-state index in [2.05, 4.69) is 51.7 Å². The van der Waals surface area contributed by atoms with Gasteiger partial charge >= 0.3 is 0 Å². The highest BCUT2D eigenvalue weighted by Gasteiger charge is 2.15. The fourth-order valence-corrected chi connectivity index (χ4v) is 2.94. The first-order chi connectivity index (χ1) is 9.52. The molecule has 2 rings (SSSR count). The molecule has 5 heteroatoms. The molecule has 0 aliphatic carbocycles. The van der Waals surface area contributed by atoms with Crippen molar-refractivity contribution in [2.45, 2.75) is 26.7 Å². The second-order valence-electron chi connectivity index (χ2n) is 4.79. The van der Waals surface area contributed by atoms with Gasteiger partial charge in [0.1, 0.15) is 11.6 Å². The molecule has 0 saturated heterocycles. The van der Waals surface area contributed by atoms with E-state index in [1.54, 1.807) is 6.07 Å². The van der Waals surface area contributed by atoms with E-state index in [1.807, 2.05) is 13.0 Å². The predicted octanol–water partition coefficient (Wildman–Crippen LogP) is 4.44. The minimum atomic E-state index is -0.277. The van der Waals surface area contributed by atoms with Crippen molar-refractivity contribution in [1.82, 2.24) is 9.97 Å².